The van der Waals surface area contributed by atoms with Crippen molar-refractivity contribution in [2.45, 2.75) is 38.1 Å². The van der Waals surface area contributed by atoms with Gasteiger partial charge >= 0.3 is 5.97 Å². The van der Waals surface area contributed by atoms with E-state index < -0.39 is 5.97 Å². The Morgan fingerprint density at radius 1 is 1.16 bits per heavy atom. The van der Waals surface area contributed by atoms with Gasteiger partial charge in [-0.1, -0.05) is 0 Å². The van der Waals surface area contributed by atoms with Gasteiger partial charge in [0.05, 0.1) is 5.92 Å². The molecule has 1 aliphatic heterocycles. The number of likely N-dealkylation sites (tertiary alicyclic amines) is 1. The maximum Gasteiger partial charge on any atom is 0.306 e. The van der Waals surface area contributed by atoms with Crippen LogP contribution in [0.2, 0.25) is 0 Å². The average molecular weight is 268 g/mol. The maximum absolute atomic E-state index is 11.0. The molecule has 110 valence electrons. The molecule has 2 unspecified atom stereocenters. The van der Waals surface area contributed by atoms with Crippen molar-refractivity contribution in [2.24, 2.45) is 17.8 Å². The zero-order chi connectivity index (χ0) is 14.0. The second kappa shape index (κ2) is 6.23. The Kier molecular flexibility index (Phi) is 4.85. The van der Waals surface area contributed by atoms with Crippen LogP contribution in [-0.2, 0) is 4.79 Å². The normalized spacial score (nSPS) is 34.6. The van der Waals surface area contributed by atoms with Gasteiger partial charge < -0.3 is 14.9 Å². The molecule has 1 N–H and O–H groups in total. The summed E-state index contributed by atoms with van der Waals surface area (Å²) in [7, 11) is 6.58. The van der Waals surface area contributed by atoms with Crippen molar-refractivity contribution in [2.75, 3.05) is 34.2 Å². The highest BCUT2D eigenvalue weighted by atomic mass is 16.4. The zero-order valence-corrected chi connectivity index (χ0v) is 12.5. The van der Waals surface area contributed by atoms with E-state index in [0.717, 1.165) is 31.6 Å². The molecule has 19 heavy (non-hydrogen) atoms. The molecule has 0 amide bonds. The highest BCUT2D eigenvalue weighted by molar-refractivity contribution is 5.69. The molecule has 0 aromatic heterocycles. The minimum atomic E-state index is -0.597. The van der Waals surface area contributed by atoms with E-state index in [4.69, 9.17) is 5.11 Å². The van der Waals surface area contributed by atoms with Crippen LogP contribution >= 0.6 is 0 Å². The smallest absolute Gasteiger partial charge is 0.306 e. The van der Waals surface area contributed by atoms with Gasteiger partial charge in [-0.3, -0.25) is 4.79 Å². The van der Waals surface area contributed by atoms with E-state index in [1.807, 2.05) is 0 Å². The van der Waals surface area contributed by atoms with Gasteiger partial charge in [0, 0.05) is 12.6 Å². The van der Waals surface area contributed by atoms with Crippen LogP contribution in [0.25, 0.3) is 0 Å². The van der Waals surface area contributed by atoms with Crippen LogP contribution in [-0.4, -0.2) is 61.2 Å². The van der Waals surface area contributed by atoms with Crippen molar-refractivity contribution in [1.82, 2.24) is 9.80 Å². The third-order valence-electron chi connectivity index (χ3n) is 5.11. The lowest BCUT2D eigenvalue weighted by atomic mass is 9.74. The minimum Gasteiger partial charge on any atom is -0.481 e. The molecule has 2 atom stereocenters. The molecule has 0 spiro atoms. The second-order valence-corrected chi connectivity index (χ2v) is 6.72. The number of hydrogen-bond acceptors (Lipinski definition) is 3. The number of rotatable bonds is 4. The number of nitrogens with zero attached hydrogens (tertiary/aromatic N) is 2. The van der Waals surface area contributed by atoms with Crippen molar-refractivity contribution in [3.63, 3.8) is 0 Å². The molecule has 0 aromatic rings. The van der Waals surface area contributed by atoms with E-state index >= 15 is 0 Å². The summed E-state index contributed by atoms with van der Waals surface area (Å²) in [6.45, 7) is 2.40. The first-order valence-electron chi connectivity index (χ1n) is 7.56. The van der Waals surface area contributed by atoms with Gasteiger partial charge in [0.1, 0.15) is 0 Å². The first-order chi connectivity index (χ1) is 8.99. The van der Waals surface area contributed by atoms with Gasteiger partial charge in [-0.05, 0) is 71.6 Å². The standard InChI is InChI=1S/C15H28N2O2/c1-16(2)14(13-8-9-17(3)10-13)11-4-6-12(7-5-11)15(18)19/h11-14H,4-10H2,1-3H3,(H,18,19). The van der Waals surface area contributed by atoms with Crippen molar-refractivity contribution in [1.29, 1.82) is 0 Å². The topological polar surface area (TPSA) is 43.8 Å². The number of carboxylic acid groups (broad SMARTS) is 1. The number of hydrogen-bond donors (Lipinski definition) is 1. The molecule has 1 aliphatic carbocycles. The molecular weight excluding hydrogens is 240 g/mol. The summed E-state index contributed by atoms with van der Waals surface area (Å²) in [5, 5.41) is 9.10. The number of aliphatic carboxylic acids is 1. The summed E-state index contributed by atoms with van der Waals surface area (Å²) in [6.07, 6.45) is 5.19. The fourth-order valence-electron chi connectivity index (χ4n) is 4.18. The molecule has 4 heteroatoms. The molecule has 2 fully saturated rings. The maximum atomic E-state index is 11.0. The van der Waals surface area contributed by atoms with Crippen LogP contribution in [0.1, 0.15) is 32.1 Å². The van der Waals surface area contributed by atoms with E-state index in [-0.39, 0.29) is 5.92 Å². The Bertz CT molecular complexity index is 311. The first-order valence-corrected chi connectivity index (χ1v) is 7.56. The Hall–Kier alpha value is -0.610. The van der Waals surface area contributed by atoms with Crippen molar-refractivity contribution >= 4 is 5.97 Å². The van der Waals surface area contributed by atoms with Crippen LogP contribution in [0.5, 0.6) is 0 Å². The predicted molar refractivity (Wildman–Crippen MR) is 76.2 cm³/mol. The summed E-state index contributed by atoms with van der Waals surface area (Å²) in [6, 6.07) is 0.625. The van der Waals surface area contributed by atoms with Gasteiger partial charge in [-0.25, -0.2) is 0 Å². The number of carbonyl (C=O) groups is 1. The summed E-state index contributed by atoms with van der Waals surface area (Å²) < 4.78 is 0. The molecular formula is C15H28N2O2. The second-order valence-electron chi connectivity index (χ2n) is 6.72. The molecule has 0 radical (unpaired) electrons. The van der Waals surface area contributed by atoms with Gasteiger partial charge in [-0.2, -0.15) is 0 Å². The monoisotopic (exact) mass is 268 g/mol. The third kappa shape index (κ3) is 3.48. The van der Waals surface area contributed by atoms with Crippen LogP contribution in [0.15, 0.2) is 0 Å². The van der Waals surface area contributed by atoms with Crippen LogP contribution in [0.3, 0.4) is 0 Å². The summed E-state index contributed by atoms with van der Waals surface area (Å²) in [5.41, 5.74) is 0. The van der Waals surface area contributed by atoms with E-state index in [9.17, 15) is 4.79 Å². The van der Waals surface area contributed by atoms with E-state index in [2.05, 4.69) is 30.9 Å². The number of carboxylic acids is 1. The van der Waals surface area contributed by atoms with E-state index in [1.165, 1.54) is 19.5 Å². The van der Waals surface area contributed by atoms with Gasteiger partial charge in [0.2, 0.25) is 0 Å². The summed E-state index contributed by atoms with van der Waals surface area (Å²) in [5.74, 6) is 0.749. The first kappa shape index (κ1) is 14.8. The zero-order valence-electron chi connectivity index (χ0n) is 12.5. The van der Waals surface area contributed by atoms with Crippen molar-refractivity contribution in [3.05, 3.63) is 0 Å². The molecule has 1 saturated heterocycles. The Morgan fingerprint density at radius 2 is 1.79 bits per heavy atom. The molecule has 2 aliphatic rings. The van der Waals surface area contributed by atoms with Gasteiger partial charge in [0.25, 0.3) is 0 Å². The predicted octanol–water partition coefficient (Wildman–Crippen LogP) is 1.76. The van der Waals surface area contributed by atoms with Crippen LogP contribution in [0.4, 0.5) is 0 Å². The van der Waals surface area contributed by atoms with Crippen molar-refractivity contribution < 1.29 is 9.90 Å². The highest BCUT2D eigenvalue weighted by Crippen LogP contribution is 2.37. The summed E-state index contributed by atoms with van der Waals surface area (Å²) >= 11 is 0. The lowest BCUT2D eigenvalue weighted by Gasteiger charge is -2.39. The third-order valence-corrected chi connectivity index (χ3v) is 5.11. The van der Waals surface area contributed by atoms with E-state index in [0.29, 0.717) is 12.0 Å². The van der Waals surface area contributed by atoms with Gasteiger partial charge in [0.15, 0.2) is 0 Å². The summed E-state index contributed by atoms with van der Waals surface area (Å²) in [4.78, 5) is 15.9. The lowest BCUT2D eigenvalue weighted by molar-refractivity contribution is -0.143. The van der Waals surface area contributed by atoms with Crippen LogP contribution < -0.4 is 0 Å². The lowest BCUT2D eigenvalue weighted by Crippen LogP contribution is -2.44. The largest absolute Gasteiger partial charge is 0.481 e. The van der Waals surface area contributed by atoms with Crippen molar-refractivity contribution in [3.8, 4) is 0 Å². The quantitative estimate of drug-likeness (QED) is 0.844. The average Bonchev–Trinajstić information content (AvgIpc) is 2.76. The Morgan fingerprint density at radius 3 is 2.21 bits per heavy atom. The van der Waals surface area contributed by atoms with Crippen LogP contribution in [0, 0.1) is 17.8 Å². The molecule has 2 rings (SSSR count). The van der Waals surface area contributed by atoms with Gasteiger partial charge in [-0.15, -0.1) is 0 Å². The molecule has 1 saturated carbocycles. The molecule has 0 bridgehead atoms. The fraction of sp³-hybridized carbons (Fsp3) is 0.933. The minimum absolute atomic E-state index is 0.0923. The SMILES string of the molecule is CN1CCC(C(C2CCC(C(=O)O)CC2)N(C)C)C1. The molecule has 4 nitrogen and oxygen atoms in total. The Labute approximate surface area is 116 Å². The Balaban J connectivity index is 1.95. The highest BCUT2D eigenvalue weighted by Gasteiger charge is 2.37. The fourth-order valence-corrected chi connectivity index (χ4v) is 4.18. The molecule has 0 aromatic carbocycles. The molecule has 1 heterocycles. The van der Waals surface area contributed by atoms with E-state index in [1.54, 1.807) is 0 Å².